The van der Waals surface area contributed by atoms with Gasteiger partial charge in [0.1, 0.15) is 0 Å². The Morgan fingerprint density at radius 2 is 1.86 bits per heavy atom. The summed E-state index contributed by atoms with van der Waals surface area (Å²) in [6.45, 7) is 8.69. The second kappa shape index (κ2) is 8.37. The van der Waals surface area contributed by atoms with Crippen molar-refractivity contribution < 1.29 is 19.4 Å². The van der Waals surface area contributed by atoms with E-state index in [4.69, 9.17) is 9.84 Å². The minimum atomic E-state index is -0.753. The van der Waals surface area contributed by atoms with E-state index in [2.05, 4.69) is 19.2 Å². The number of carboxylic acid groups (broad SMARTS) is 1. The van der Waals surface area contributed by atoms with Crippen molar-refractivity contribution in [3.05, 3.63) is 0 Å². The Bertz CT molecular complexity index is 358. The first-order valence-electron chi connectivity index (χ1n) is 8.01. The van der Waals surface area contributed by atoms with Crippen molar-refractivity contribution in [1.82, 2.24) is 5.32 Å². The van der Waals surface area contributed by atoms with Crippen molar-refractivity contribution in [3.8, 4) is 0 Å². The third kappa shape index (κ3) is 5.30. The molecule has 0 aromatic heterocycles. The molecule has 1 aliphatic rings. The predicted molar refractivity (Wildman–Crippen MR) is 80.9 cm³/mol. The molecule has 1 amide bonds. The van der Waals surface area contributed by atoms with E-state index in [1.807, 2.05) is 13.8 Å². The van der Waals surface area contributed by atoms with Gasteiger partial charge in [0.25, 0.3) is 0 Å². The number of nitrogens with one attached hydrogen (secondary N) is 1. The van der Waals surface area contributed by atoms with Gasteiger partial charge in [-0.15, -0.1) is 0 Å². The normalized spacial score (nSPS) is 30.1. The van der Waals surface area contributed by atoms with Crippen LogP contribution in [-0.4, -0.2) is 35.7 Å². The molecule has 21 heavy (non-hydrogen) atoms. The van der Waals surface area contributed by atoms with Crippen LogP contribution in [-0.2, 0) is 14.3 Å². The smallest absolute Gasteiger partial charge is 0.303 e. The molecule has 1 heterocycles. The maximum atomic E-state index is 12.3. The molecule has 0 aromatic rings. The molecule has 1 saturated heterocycles. The number of carbonyl (C=O) groups excluding carboxylic acids is 1. The number of hydrogen-bond donors (Lipinski definition) is 2. The molecule has 5 unspecified atom stereocenters. The third-order valence-corrected chi connectivity index (χ3v) is 4.74. The summed E-state index contributed by atoms with van der Waals surface area (Å²) in [6.07, 6.45) is 2.74. The summed E-state index contributed by atoms with van der Waals surface area (Å²) in [5, 5.41) is 11.7. The van der Waals surface area contributed by atoms with Gasteiger partial charge in [-0.1, -0.05) is 20.3 Å². The van der Waals surface area contributed by atoms with Crippen molar-refractivity contribution in [2.75, 3.05) is 6.54 Å². The van der Waals surface area contributed by atoms with Crippen LogP contribution in [0.25, 0.3) is 0 Å². The fraction of sp³-hybridized carbons (Fsp3) is 0.875. The Hall–Kier alpha value is -1.10. The summed E-state index contributed by atoms with van der Waals surface area (Å²) in [4.78, 5) is 22.9. The maximum absolute atomic E-state index is 12.3. The molecule has 1 fully saturated rings. The molecule has 0 bridgehead atoms. The zero-order valence-electron chi connectivity index (χ0n) is 13.6. The van der Waals surface area contributed by atoms with Gasteiger partial charge in [0.15, 0.2) is 0 Å². The van der Waals surface area contributed by atoms with Gasteiger partial charge in [0.2, 0.25) is 5.91 Å². The van der Waals surface area contributed by atoms with Crippen molar-refractivity contribution in [1.29, 1.82) is 0 Å². The van der Waals surface area contributed by atoms with Crippen LogP contribution in [0.3, 0.4) is 0 Å². The lowest BCUT2D eigenvalue weighted by atomic mass is 9.88. The lowest BCUT2D eigenvalue weighted by Crippen LogP contribution is -2.38. The van der Waals surface area contributed by atoms with E-state index in [1.165, 1.54) is 0 Å². The topological polar surface area (TPSA) is 75.6 Å². The van der Waals surface area contributed by atoms with Gasteiger partial charge >= 0.3 is 5.97 Å². The van der Waals surface area contributed by atoms with Crippen molar-refractivity contribution in [3.63, 3.8) is 0 Å². The number of hydrogen-bond acceptors (Lipinski definition) is 3. The molecule has 5 heteroatoms. The van der Waals surface area contributed by atoms with E-state index < -0.39 is 5.97 Å². The molecule has 0 spiro atoms. The van der Waals surface area contributed by atoms with Crippen LogP contribution in [0.15, 0.2) is 0 Å². The van der Waals surface area contributed by atoms with Crippen molar-refractivity contribution in [2.45, 2.75) is 65.6 Å². The minimum Gasteiger partial charge on any atom is -0.481 e. The fourth-order valence-electron chi connectivity index (χ4n) is 3.12. The van der Waals surface area contributed by atoms with E-state index in [9.17, 15) is 9.59 Å². The molecule has 1 aliphatic heterocycles. The average molecular weight is 299 g/mol. The number of rotatable bonds is 8. The first kappa shape index (κ1) is 18.0. The molecule has 5 nitrogen and oxygen atoms in total. The van der Waals surface area contributed by atoms with Gasteiger partial charge in [0.05, 0.1) is 18.1 Å². The Balaban J connectivity index is 2.34. The molecule has 0 saturated carbocycles. The van der Waals surface area contributed by atoms with Gasteiger partial charge in [-0.3, -0.25) is 9.59 Å². The molecule has 122 valence electrons. The van der Waals surface area contributed by atoms with Crippen LogP contribution < -0.4 is 5.32 Å². The number of aliphatic carboxylic acids is 1. The average Bonchev–Trinajstić information content (AvgIpc) is 2.66. The van der Waals surface area contributed by atoms with Crippen LogP contribution in [0.4, 0.5) is 0 Å². The molecular formula is C16H29NO4. The van der Waals surface area contributed by atoms with Gasteiger partial charge in [0, 0.05) is 13.0 Å². The highest BCUT2D eigenvalue weighted by molar-refractivity contribution is 5.79. The maximum Gasteiger partial charge on any atom is 0.303 e. The molecule has 1 rings (SSSR count). The van der Waals surface area contributed by atoms with E-state index in [-0.39, 0.29) is 36.4 Å². The SMILES string of the molecule is CCC(CCNC(=O)C1C(C)OC(C)C1C)CCC(=O)O. The summed E-state index contributed by atoms with van der Waals surface area (Å²) < 4.78 is 5.69. The zero-order chi connectivity index (χ0) is 16.0. The van der Waals surface area contributed by atoms with Gasteiger partial charge in [-0.25, -0.2) is 0 Å². The molecule has 0 aromatic carbocycles. The minimum absolute atomic E-state index is 0.0380. The summed E-state index contributed by atoms with van der Waals surface area (Å²) in [6, 6.07) is 0. The highest BCUT2D eigenvalue weighted by atomic mass is 16.5. The Morgan fingerprint density at radius 1 is 1.19 bits per heavy atom. The Kier molecular flexibility index (Phi) is 7.15. The number of carboxylic acids is 1. The van der Waals surface area contributed by atoms with E-state index in [0.29, 0.717) is 18.9 Å². The van der Waals surface area contributed by atoms with Crippen LogP contribution in [0, 0.1) is 17.8 Å². The molecule has 5 atom stereocenters. The number of amides is 1. The monoisotopic (exact) mass is 299 g/mol. The number of ether oxygens (including phenoxy) is 1. The van der Waals surface area contributed by atoms with Gasteiger partial charge in [-0.05, 0) is 38.5 Å². The highest BCUT2D eigenvalue weighted by Crippen LogP contribution is 2.32. The van der Waals surface area contributed by atoms with Gasteiger partial charge in [-0.2, -0.15) is 0 Å². The highest BCUT2D eigenvalue weighted by Gasteiger charge is 2.41. The molecular weight excluding hydrogens is 270 g/mol. The summed E-state index contributed by atoms with van der Waals surface area (Å²) >= 11 is 0. The third-order valence-electron chi connectivity index (χ3n) is 4.74. The molecule has 0 radical (unpaired) electrons. The quantitative estimate of drug-likeness (QED) is 0.722. The van der Waals surface area contributed by atoms with Crippen molar-refractivity contribution in [2.24, 2.45) is 17.8 Å². The second-order valence-corrected chi connectivity index (χ2v) is 6.22. The second-order valence-electron chi connectivity index (χ2n) is 6.22. The lowest BCUT2D eigenvalue weighted by molar-refractivity contribution is -0.137. The predicted octanol–water partition coefficient (Wildman–Crippen LogP) is 2.44. The van der Waals surface area contributed by atoms with Gasteiger partial charge < -0.3 is 15.2 Å². The summed E-state index contributed by atoms with van der Waals surface area (Å²) in [5.41, 5.74) is 0. The van der Waals surface area contributed by atoms with Crippen LogP contribution in [0.2, 0.25) is 0 Å². The Labute approximate surface area is 127 Å². The zero-order valence-corrected chi connectivity index (χ0v) is 13.6. The lowest BCUT2D eigenvalue weighted by Gasteiger charge is -2.19. The summed E-state index contributed by atoms with van der Waals surface area (Å²) in [5.74, 6) is -0.187. The van der Waals surface area contributed by atoms with E-state index in [1.54, 1.807) is 0 Å². The first-order chi connectivity index (χ1) is 9.86. The molecule has 0 aliphatic carbocycles. The first-order valence-corrected chi connectivity index (χ1v) is 8.01. The van der Waals surface area contributed by atoms with Crippen LogP contribution >= 0.6 is 0 Å². The molecule has 2 N–H and O–H groups in total. The van der Waals surface area contributed by atoms with Crippen LogP contribution in [0.5, 0.6) is 0 Å². The standard InChI is InChI=1S/C16H29NO4/c1-5-13(6-7-14(18)19)8-9-17-16(20)15-10(2)11(3)21-12(15)4/h10-13,15H,5-9H2,1-4H3,(H,17,20)(H,18,19). The number of carbonyl (C=O) groups is 2. The summed E-state index contributed by atoms with van der Waals surface area (Å²) in [7, 11) is 0. The van der Waals surface area contributed by atoms with E-state index >= 15 is 0 Å². The largest absolute Gasteiger partial charge is 0.481 e. The fourth-order valence-corrected chi connectivity index (χ4v) is 3.12. The van der Waals surface area contributed by atoms with Crippen LogP contribution in [0.1, 0.15) is 53.4 Å². The van der Waals surface area contributed by atoms with Crippen molar-refractivity contribution >= 4 is 11.9 Å². The Morgan fingerprint density at radius 3 is 2.33 bits per heavy atom. The van der Waals surface area contributed by atoms with E-state index in [0.717, 1.165) is 12.8 Å².